The van der Waals surface area contributed by atoms with E-state index in [-0.39, 0.29) is 0 Å². The monoisotopic (exact) mass is 218 g/mol. The Bertz CT molecular complexity index is 335. The molecule has 0 aromatic carbocycles. The maximum absolute atomic E-state index is 4.54. The molecule has 2 heteroatoms. The summed E-state index contributed by atoms with van der Waals surface area (Å²) in [7, 11) is 0. The zero-order valence-corrected chi connectivity index (χ0v) is 10.4. The molecule has 0 amide bonds. The van der Waals surface area contributed by atoms with E-state index in [1.807, 2.05) is 20.0 Å². The van der Waals surface area contributed by atoms with E-state index in [2.05, 4.69) is 22.4 Å². The lowest BCUT2D eigenvalue weighted by Crippen LogP contribution is -2.37. The van der Waals surface area contributed by atoms with Crippen molar-refractivity contribution in [1.29, 1.82) is 0 Å². The molecule has 2 nitrogen and oxygen atoms in total. The first kappa shape index (κ1) is 11.6. The Morgan fingerprint density at radius 1 is 1.31 bits per heavy atom. The fourth-order valence-corrected chi connectivity index (χ4v) is 2.87. The van der Waals surface area contributed by atoms with Crippen molar-refractivity contribution in [2.45, 2.75) is 45.6 Å². The van der Waals surface area contributed by atoms with Crippen molar-refractivity contribution in [3.05, 3.63) is 29.6 Å². The average Bonchev–Trinajstić information content (AvgIpc) is 2.41. The molecular weight excluding hydrogens is 196 g/mol. The molecule has 1 aromatic rings. The van der Waals surface area contributed by atoms with Gasteiger partial charge in [0.1, 0.15) is 0 Å². The summed E-state index contributed by atoms with van der Waals surface area (Å²) >= 11 is 0. The number of aromatic nitrogens is 1. The van der Waals surface area contributed by atoms with Crippen LogP contribution in [0.3, 0.4) is 0 Å². The molecule has 88 valence electrons. The molecule has 16 heavy (non-hydrogen) atoms. The highest BCUT2D eigenvalue weighted by Crippen LogP contribution is 2.37. The van der Waals surface area contributed by atoms with E-state index in [1.54, 1.807) is 0 Å². The van der Waals surface area contributed by atoms with E-state index < -0.39 is 0 Å². The predicted molar refractivity (Wildman–Crippen MR) is 67.4 cm³/mol. The first-order valence-electron chi connectivity index (χ1n) is 6.62. The summed E-state index contributed by atoms with van der Waals surface area (Å²) in [4.78, 5) is 4.54. The van der Waals surface area contributed by atoms with Crippen molar-refractivity contribution in [1.82, 2.24) is 10.3 Å². The molecule has 0 radical (unpaired) electrons. The van der Waals surface area contributed by atoms with Gasteiger partial charge in [0.15, 0.2) is 0 Å². The summed E-state index contributed by atoms with van der Waals surface area (Å²) in [5, 5.41) is 3.61. The van der Waals surface area contributed by atoms with E-state index in [0.29, 0.717) is 6.04 Å². The van der Waals surface area contributed by atoms with E-state index in [4.69, 9.17) is 0 Å². The van der Waals surface area contributed by atoms with Crippen LogP contribution in [-0.2, 0) is 6.42 Å². The zero-order valence-electron chi connectivity index (χ0n) is 10.4. The van der Waals surface area contributed by atoms with Gasteiger partial charge in [-0.1, -0.05) is 19.9 Å². The van der Waals surface area contributed by atoms with Crippen molar-refractivity contribution in [3.8, 4) is 0 Å². The van der Waals surface area contributed by atoms with E-state index in [0.717, 1.165) is 12.5 Å². The van der Waals surface area contributed by atoms with Gasteiger partial charge >= 0.3 is 0 Å². The third-order valence-electron chi connectivity index (χ3n) is 3.59. The Kier molecular flexibility index (Phi) is 3.94. The maximum atomic E-state index is 4.54. The highest BCUT2D eigenvalue weighted by Gasteiger charge is 2.31. The predicted octanol–water partition coefficient (Wildman–Crippen LogP) is 3.09. The van der Waals surface area contributed by atoms with Gasteiger partial charge in [-0.2, -0.15) is 0 Å². The highest BCUT2D eigenvalue weighted by atomic mass is 15.0. The molecule has 0 saturated carbocycles. The van der Waals surface area contributed by atoms with E-state index in [9.17, 15) is 0 Å². The first-order chi connectivity index (χ1) is 7.95. The molecule has 2 atom stereocenters. The fourth-order valence-electron chi connectivity index (χ4n) is 2.87. The lowest BCUT2D eigenvalue weighted by molar-refractivity contribution is 0.249. The molecular formula is C14H22N2. The normalized spacial score (nSPS) is 27.1. The van der Waals surface area contributed by atoms with Crippen LogP contribution in [0.5, 0.6) is 0 Å². The van der Waals surface area contributed by atoms with Gasteiger partial charge in [-0.3, -0.25) is 4.98 Å². The van der Waals surface area contributed by atoms with Gasteiger partial charge in [-0.15, -0.1) is 0 Å². The van der Waals surface area contributed by atoms with Gasteiger partial charge in [0.2, 0.25) is 0 Å². The van der Waals surface area contributed by atoms with Crippen molar-refractivity contribution >= 4 is 0 Å². The zero-order chi connectivity index (χ0) is 11.4. The largest absolute Gasteiger partial charge is 0.308 e. The van der Waals surface area contributed by atoms with E-state index in [1.165, 1.54) is 36.9 Å². The van der Waals surface area contributed by atoms with Gasteiger partial charge in [-0.25, -0.2) is 0 Å². The molecule has 0 spiro atoms. The molecule has 1 fully saturated rings. The van der Waals surface area contributed by atoms with Crippen LogP contribution in [0.4, 0.5) is 0 Å². The minimum atomic E-state index is 0.550. The van der Waals surface area contributed by atoms with Gasteiger partial charge < -0.3 is 5.32 Å². The number of rotatable bonds is 0. The number of piperidine rings is 1. The quantitative estimate of drug-likeness (QED) is 0.724. The maximum Gasteiger partial charge on any atom is 0.0607 e. The Labute approximate surface area is 98.5 Å². The second kappa shape index (κ2) is 5.44. The third kappa shape index (κ3) is 2.12. The lowest BCUT2D eigenvalue weighted by Gasteiger charge is -2.36. The van der Waals surface area contributed by atoms with Gasteiger partial charge in [-0.05, 0) is 49.8 Å². The van der Waals surface area contributed by atoms with Gasteiger partial charge in [0, 0.05) is 6.20 Å². The summed E-state index contributed by atoms with van der Waals surface area (Å²) in [6, 6.07) is 4.84. The number of nitrogens with zero attached hydrogens (tertiary/aromatic N) is 1. The van der Waals surface area contributed by atoms with Crippen LogP contribution in [0, 0.1) is 5.92 Å². The second-order valence-corrected chi connectivity index (χ2v) is 4.42. The summed E-state index contributed by atoms with van der Waals surface area (Å²) in [5.41, 5.74) is 2.78. The van der Waals surface area contributed by atoms with Crippen LogP contribution < -0.4 is 5.32 Å². The Balaban J connectivity index is 0.000000457. The van der Waals surface area contributed by atoms with E-state index >= 15 is 0 Å². The van der Waals surface area contributed by atoms with Gasteiger partial charge in [0.05, 0.1) is 11.7 Å². The molecule has 1 saturated heterocycles. The summed E-state index contributed by atoms with van der Waals surface area (Å²) in [6.45, 7) is 5.16. The molecule has 3 rings (SSSR count). The highest BCUT2D eigenvalue weighted by molar-refractivity contribution is 5.26. The minimum Gasteiger partial charge on any atom is -0.308 e. The molecule has 1 aliphatic heterocycles. The minimum absolute atomic E-state index is 0.550. The second-order valence-electron chi connectivity index (χ2n) is 4.42. The number of hydrogen-bond acceptors (Lipinski definition) is 2. The molecule has 2 unspecified atom stereocenters. The van der Waals surface area contributed by atoms with Crippen molar-refractivity contribution < 1.29 is 0 Å². The number of hydrogen-bond donors (Lipinski definition) is 1. The smallest absolute Gasteiger partial charge is 0.0607 e. The molecule has 1 N–H and O–H groups in total. The first-order valence-corrected chi connectivity index (χ1v) is 6.62. The third-order valence-corrected chi connectivity index (χ3v) is 3.59. The number of pyridine rings is 1. The molecule has 1 aliphatic carbocycles. The summed E-state index contributed by atoms with van der Waals surface area (Å²) in [6.07, 6.45) is 7.22. The van der Waals surface area contributed by atoms with Crippen LogP contribution in [-0.4, -0.2) is 11.5 Å². The van der Waals surface area contributed by atoms with Crippen molar-refractivity contribution in [2.24, 2.45) is 5.92 Å². The van der Waals surface area contributed by atoms with Crippen LogP contribution in [0.2, 0.25) is 0 Å². The summed E-state index contributed by atoms with van der Waals surface area (Å²) < 4.78 is 0. The molecule has 1 aromatic heterocycles. The number of nitrogens with one attached hydrogen (secondary N) is 1. The Hall–Kier alpha value is -0.890. The van der Waals surface area contributed by atoms with Crippen LogP contribution in [0.25, 0.3) is 0 Å². The van der Waals surface area contributed by atoms with Crippen LogP contribution in [0.1, 0.15) is 50.4 Å². The van der Waals surface area contributed by atoms with Gasteiger partial charge in [0.25, 0.3) is 0 Å². The summed E-state index contributed by atoms with van der Waals surface area (Å²) in [5.74, 6) is 0.839. The number of aryl methyl sites for hydroxylation is 1. The topological polar surface area (TPSA) is 24.9 Å². The fraction of sp³-hybridized carbons (Fsp3) is 0.643. The Morgan fingerprint density at radius 2 is 2.19 bits per heavy atom. The Morgan fingerprint density at radius 3 is 3.06 bits per heavy atom. The molecule has 2 heterocycles. The lowest BCUT2D eigenvalue weighted by atomic mass is 9.78. The van der Waals surface area contributed by atoms with Crippen molar-refractivity contribution in [3.63, 3.8) is 0 Å². The van der Waals surface area contributed by atoms with Crippen LogP contribution >= 0.6 is 0 Å². The molecule has 2 aliphatic rings. The SMILES string of the molecule is CC.c1cnc2c(c1)CCC1CCCNC21. The standard InChI is InChI=1S/C12H16N2.C2H6/c1-3-9-5-6-10-4-2-8-14-12(10)11(9)13-7-1;1-2/h1,3,7,10,12,14H,2,4-6,8H2;1-2H3. The molecule has 0 bridgehead atoms. The van der Waals surface area contributed by atoms with Crippen molar-refractivity contribution in [2.75, 3.05) is 6.54 Å². The average molecular weight is 218 g/mol. The van der Waals surface area contributed by atoms with Crippen LogP contribution in [0.15, 0.2) is 18.3 Å². The number of fused-ring (bicyclic) bond motifs is 3.